The van der Waals surface area contributed by atoms with Crippen LogP contribution in [0, 0.1) is 0 Å². The molecule has 6 heteroatoms. The fourth-order valence-corrected chi connectivity index (χ4v) is 3.27. The minimum Gasteiger partial charge on any atom is -0.362 e. The lowest BCUT2D eigenvalue weighted by molar-refractivity contribution is 0.877. The van der Waals surface area contributed by atoms with Crippen molar-refractivity contribution in [2.24, 2.45) is 5.73 Å². The van der Waals surface area contributed by atoms with Crippen LogP contribution in [0.25, 0.3) is 10.9 Å². The fourth-order valence-electron chi connectivity index (χ4n) is 2.86. The summed E-state index contributed by atoms with van der Waals surface area (Å²) in [6.07, 6.45) is 3.70. The molecule has 1 heterocycles. The van der Waals surface area contributed by atoms with E-state index in [4.69, 9.17) is 29.6 Å². The van der Waals surface area contributed by atoms with E-state index in [1.165, 1.54) is 10.9 Å². The first-order chi connectivity index (χ1) is 12.2. The lowest BCUT2D eigenvalue weighted by Gasteiger charge is -2.14. The van der Waals surface area contributed by atoms with Crippen molar-refractivity contribution in [1.82, 2.24) is 10.3 Å². The van der Waals surface area contributed by atoms with E-state index in [0.29, 0.717) is 16.7 Å². The molecule has 0 aliphatic heterocycles. The van der Waals surface area contributed by atoms with Gasteiger partial charge in [-0.3, -0.25) is 0 Å². The van der Waals surface area contributed by atoms with E-state index in [1.54, 1.807) is 0 Å². The number of nitrogens with two attached hydrogens (primary N) is 1. The number of aromatic amines is 1. The van der Waals surface area contributed by atoms with E-state index in [9.17, 15) is 0 Å². The molecule has 0 saturated heterocycles. The predicted molar refractivity (Wildman–Crippen MR) is 110 cm³/mol. The van der Waals surface area contributed by atoms with Gasteiger partial charge < -0.3 is 21.4 Å². The van der Waals surface area contributed by atoms with Gasteiger partial charge in [0.15, 0.2) is 5.11 Å². The molecule has 0 aliphatic rings. The summed E-state index contributed by atoms with van der Waals surface area (Å²) < 4.78 is 0. The van der Waals surface area contributed by atoms with E-state index in [1.807, 2.05) is 24.3 Å². The molecule has 0 fully saturated rings. The second-order valence-electron chi connectivity index (χ2n) is 5.83. The van der Waals surface area contributed by atoms with Crippen molar-refractivity contribution in [1.29, 1.82) is 0 Å². The SMILES string of the molecule is NCCc1cc(Cl)ccc1NC(=S)NCCc1c[nH]c2ccccc12. The van der Waals surface area contributed by atoms with E-state index < -0.39 is 0 Å². The monoisotopic (exact) mass is 372 g/mol. The maximum absolute atomic E-state index is 6.06. The molecule has 0 amide bonds. The van der Waals surface area contributed by atoms with Crippen molar-refractivity contribution in [2.75, 3.05) is 18.4 Å². The standard InChI is InChI=1S/C19H21ClN4S/c20-15-5-6-17(13(11-15)7-9-21)24-19(25)22-10-8-14-12-23-18-4-2-1-3-16(14)18/h1-6,11-12,23H,7-10,21H2,(H2,22,24,25). The van der Waals surface area contributed by atoms with Crippen molar-refractivity contribution in [3.63, 3.8) is 0 Å². The molecule has 1 aromatic heterocycles. The van der Waals surface area contributed by atoms with Crippen LogP contribution in [-0.2, 0) is 12.8 Å². The second kappa shape index (κ2) is 8.34. The second-order valence-corrected chi connectivity index (χ2v) is 6.68. The van der Waals surface area contributed by atoms with Gasteiger partial charge in [-0.05, 0) is 67.0 Å². The van der Waals surface area contributed by atoms with Crippen LogP contribution >= 0.6 is 23.8 Å². The van der Waals surface area contributed by atoms with Gasteiger partial charge in [-0.15, -0.1) is 0 Å². The summed E-state index contributed by atoms with van der Waals surface area (Å²) in [5, 5.41) is 9.05. The van der Waals surface area contributed by atoms with E-state index in [2.05, 4.69) is 40.0 Å². The Morgan fingerprint density at radius 1 is 1.12 bits per heavy atom. The maximum Gasteiger partial charge on any atom is 0.170 e. The van der Waals surface area contributed by atoms with Gasteiger partial charge >= 0.3 is 0 Å². The van der Waals surface area contributed by atoms with Gasteiger partial charge in [-0.1, -0.05) is 29.8 Å². The molecular weight excluding hydrogens is 352 g/mol. The number of anilines is 1. The van der Waals surface area contributed by atoms with E-state index in [-0.39, 0.29) is 0 Å². The Labute approximate surface area is 157 Å². The lowest BCUT2D eigenvalue weighted by atomic mass is 10.1. The molecule has 0 spiro atoms. The average molecular weight is 373 g/mol. The highest BCUT2D eigenvalue weighted by molar-refractivity contribution is 7.80. The molecule has 25 heavy (non-hydrogen) atoms. The number of para-hydroxylation sites is 1. The molecule has 0 unspecified atom stereocenters. The molecule has 3 rings (SSSR count). The number of nitrogens with one attached hydrogen (secondary N) is 3. The average Bonchev–Trinajstić information content (AvgIpc) is 3.01. The summed E-state index contributed by atoms with van der Waals surface area (Å²) >= 11 is 11.5. The molecule has 0 atom stereocenters. The van der Waals surface area contributed by atoms with Crippen LogP contribution in [0.1, 0.15) is 11.1 Å². The van der Waals surface area contributed by atoms with Crippen LogP contribution in [0.5, 0.6) is 0 Å². The summed E-state index contributed by atoms with van der Waals surface area (Å²) in [4.78, 5) is 3.29. The van der Waals surface area contributed by atoms with Gasteiger partial charge in [0.25, 0.3) is 0 Å². The van der Waals surface area contributed by atoms with Crippen LogP contribution in [0.4, 0.5) is 5.69 Å². The summed E-state index contributed by atoms with van der Waals surface area (Å²) in [6.45, 7) is 1.32. The van der Waals surface area contributed by atoms with Gasteiger partial charge in [0.05, 0.1) is 0 Å². The molecule has 5 N–H and O–H groups in total. The number of benzene rings is 2. The zero-order valence-corrected chi connectivity index (χ0v) is 15.4. The number of aromatic nitrogens is 1. The zero-order chi connectivity index (χ0) is 17.6. The van der Waals surface area contributed by atoms with Gasteiger partial charge in [0.2, 0.25) is 0 Å². The fraction of sp³-hybridized carbons (Fsp3) is 0.211. The Hall–Kier alpha value is -2.08. The lowest BCUT2D eigenvalue weighted by Crippen LogP contribution is -2.30. The molecule has 130 valence electrons. The number of hydrogen-bond acceptors (Lipinski definition) is 2. The summed E-state index contributed by atoms with van der Waals surface area (Å²) in [5.41, 5.74) is 10.1. The highest BCUT2D eigenvalue weighted by atomic mass is 35.5. The highest BCUT2D eigenvalue weighted by Crippen LogP contribution is 2.21. The smallest absolute Gasteiger partial charge is 0.170 e. The minimum absolute atomic E-state index is 0.565. The van der Waals surface area contributed by atoms with Crippen molar-refractivity contribution >= 4 is 45.5 Å². The van der Waals surface area contributed by atoms with Crippen molar-refractivity contribution in [3.05, 3.63) is 64.8 Å². The quantitative estimate of drug-likeness (QED) is 0.496. The van der Waals surface area contributed by atoms with Crippen LogP contribution in [0.3, 0.4) is 0 Å². The molecule has 0 bridgehead atoms. The number of thiocarbonyl (C=S) groups is 1. The van der Waals surface area contributed by atoms with Crippen molar-refractivity contribution < 1.29 is 0 Å². The number of H-pyrrole nitrogens is 1. The molecular formula is C19H21ClN4S. The van der Waals surface area contributed by atoms with Crippen LogP contribution in [-0.4, -0.2) is 23.2 Å². The highest BCUT2D eigenvalue weighted by Gasteiger charge is 2.06. The van der Waals surface area contributed by atoms with Crippen LogP contribution in [0.15, 0.2) is 48.7 Å². The normalized spacial score (nSPS) is 10.8. The van der Waals surface area contributed by atoms with Crippen LogP contribution < -0.4 is 16.4 Å². The summed E-state index contributed by atoms with van der Waals surface area (Å²) in [6, 6.07) is 14.0. The van der Waals surface area contributed by atoms with E-state index >= 15 is 0 Å². The maximum atomic E-state index is 6.06. The van der Waals surface area contributed by atoms with Gasteiger partial charge in [-0.2, -0.15) is 0 Å². The Balaban J connectivity index is 1.56. The Morgan fingerprint density at radius 2 is 1.96 bits per heavy atom. The third kappa shape index (κ3) is 4.51. The van der Waals surface area contributed by atoms with Gasteiger partial charge in [-0.25, -0.2) is 0 Å². The Kier molecular flexibility index (Phi) is 5.91. The molecule has 0 saturated carbocycles. The third-order valence-corrected chi connectivity index (χ3v) is 4.57. The van der Waals surface area contributed by atoms with Gasteiger partial charge in [0.1, 0.15) is 0 Å². The predicted octanol–water partition coefficient (Wildman–Crippen LogP) is 3.85. The molecule has 2 aromatic carbocycles. The number of rotatable bonds is 6. The molecule has 0 aliphatic carbocycles. The van der Waals surface area contributed by atoms with Gasteiger partial charge in [0, 0.05) is 34.4 Å². The summed E-state index contributed by atoms with van der Waals surface area (Å²) in [5.74, 6) is 0. The van der Waals surface area contributed by atoms with Crippen molar-refractivity contribution in [2.45, 2.75) is 12.8 Å². The van der Waals surface area contributed by atoms with Crippen LogP contribution in [0.2, 0.25) is 5.02 Å². The summed E-state index contributed by atoms with van der Waals surface area (Å²) in [7, 11) is 0. The number of halogens is 1. The van der Waals surface area contributed by atoms with Crippen molar-refractivity contribution in [3.8, 4) is 0 Å². The molecule has 4 nitrogen and oxygen atoms in total. The largest absolute Gasteiger partial charge is 0.362 e. The third-order valence-electron chi connectivity index (χ3n) is 4.08. The Bertz CT molecular complexity index is 875. The molecule has 3 aromatic rings. The molecule has 0 radical (unpaired) electrons. The Morgan fingerprint density at radius 3 is 2.80 bits per heavy atom. The topological polar surface area (TPSA) is 65.9 Å². The van der Waals surface area contributed by atoms with E-state index in [0.717, 1.165) is 36.2 Å². The minimum atomic E-state index is 0.565. The first-order valence-corrected chi connectivity index (χ1v) is 9.04. The number of fused-ring (bicyclic) bond motifs is 1. The number of hydrogen-bond donors (Lipinski definition) is 4. The first-order valence-electron chi connectivity index (χ1n) is 8.25. The first kappa shape index (κ1) is 17.7. The zero-order valence-electron chi connectivity index (χ0n) is 13.8.